The molecule has 1 saturated carbocycles. The molecule has 0 spiro atoms. The van der Waals surface area contributed by atoms with E-state index < -0.39 is 36.0 Å². The first kappa shape index (κ1) is 20.6. The molecule has 2 aliphatic rings. The Bertz CT molecular complexity index is 947. The fraction of sp³-hybridized carbons (Fsp3) is 0.304. The Hall–Kier alpha value is -3.68. The Morgan fingerprint density at radius 1 is 0.968 bits per heavy atom. The number of imide groups is 1. The molecule has 31 heavy (non-hydrogen) atoms. The van der Waals surface area contributed by atoms with Crippen molar-refractivity contribution < 1.29 is 23.9 Å². The largest absolute Gasteiger partial charge is 0.455 e. The highest BCUT2D eigenvalue weighted by Crippen LogP contribution is 2.35. The number of benzene rings is 2. The molecule has 0 aromatic heterocycles. The van der Waals surface area contributed by atoms with Crippen molar-refractivity contribution in [3.05, 3.63) is 71.8 Å². The topological polar surface area (TPSA) is 105 Å². The molecule has 4 rings (SSSR count). The Labute approximate surface area is 179 Å². The molecule has 8 heteroatoms. The number of ether oxygens (including phenoxy) is 1. The Morgan fingerprint density at radius 3 is 2.06 bits per heavy atom. The fourth-order valence-corrected chi connectivity index (χ4v) is 4.14. The van der Waals surface area contributed by atoms with Crippen LogP contribution < -0.4 is 10.7 Å². The summed E-state index contributed by atoms with van der Waals surface area (Å²) in [5.74, 6) is -2.02. The zero-order valence-electron chi connectivity index (χ0n) is 16.9. The Morgan fingerprint density at radius 2 is 1.52 bits per heavy atom. The standard InChI is InChI=1S/C23H23N3O5/c27-19(15-31-20(28)16-9-7-8-10-16)25-26-21(29)23(24-22(26)30,17-11-3-1-4-12-17)18-13-5-2-6-14-18/h1-6,11-14,16H,7-10,15H2,(H,24,30)(H,25,27). The second-order valence-corrected chi connectivity index (χ2v) is 7.68. The minimum absolute atomic E-state index is 0.187. The van der Waals surface area contributed by atoms with Gasteiger partial charge in [-0.15, -0.1) is 0 Å². The summed E-state index contributed by atoms with van der Waals surface area (Å²) in [5.41, 5.74) is 1.91. The summed E-state index contributed by atoms with van der Waals surface area (Å²) < 4.78 is 5.07. The zero-order chi connectivity index (χ0) is 21.8. The molecular formula is C23H23N3O5. The number of carbonyl (C=O) groups excluding carboxylic acids is 4. The molecule has 4 amide bonds. The van der Waals surface area contributed by atoms with E-state index in [1.165, 1.54) is 0 Å². The third-order valence-electron chi connectivity index (χ3n) is 5.71. The molecule has 1 aliphatic carbocycles. The van der Waals surface area contributed by atoms with Crippen molar-refractivity contribution in [2.75, 3.05) is 6.61 Å². The van der Waals surface area contributed by atoms with Gasteiger partial charge in [0.05, 0.1) is 5.92 Å². The van der Waals surface area contributed by atoms with Crippen molar-refractivity contribution in [3.8, 4) is 0 Å². The second-order valence-electron chi connectivity index (χ2n) is 7.68. The van der Waals surface area contributed by atoms with Crippen molar-refractivity contribution >= 4 is 23.8 Å². The summed E-state index contributed by atoms with van der Waals surface area (Å²) in [4.78, 5) is 50.5. The van der Waals surface area contributed by atoms with Gasteiger partial charge in [-0.2, -0.15) is 5.01 Å². The average Bonchev–Trinajstić information content (AvgIpc) is 3.42. The van der Waals surface area contributed by atoms with Gasteiger partial charge in [-0.1, -0.05) is 73.5 Å². The van der Waals surface area contributed by atoms with Crippen LogP contribution in [-0.4, -0.2) is 35.4 Å². The van der Waals surface area contributed by atoms with E-state index in [2.05, 4.69) is 10.7 Å². The molecule has 2 fully saturated rings. The zero-order valence-corrected chi connectivity index (χ0v) is 16.9. The minimum atomic E-state index is -1.48. The summed E-state index contributed by atoms with van der Waals surface area (Å²) in [7, 11) is 0. The average molecular weight is 421 g/mol. The molecular weight excluding hydrogens is 398 g/mol. The number of esters is 1. The van der Waals surface area contributed by atoms with Gasteiger partial charge < -0.3 is 10.1 Å². The molecule has 0 atom stereocenters. The van der Waals surface area contributed by atoms with Crippen molar-refractivity contribution in [3.63, 3.8) is 0 Å². The first-order chi connectivity index (χ1) is 15.0. The number of rotatable bonds is 6. The van der Waals surface area contributed by atoms with Gasteiger partial charge in [0.15, 0.2) is 12.1 Å². The maximum atomic E-state index is 13.4. The summed E-state index contributed by atoms with van der Waals surface area (Å²) in [6.45, 7) is -0.559. The third-order valence-corrected chi connectivity index (χ3v) is 5.71. The van der Waals surface area contributed by atoms with E-state index in [0.717, 1.165) is 25.7 Å². The maximum Gasteiger partial charge on any atom is 0.344 e. The van der Waals surface area contributed by atoms with Crippen LogP contribution in [0.1, 0.15) is 36.8 Å². The van der Waals surface area contributed by atoms with E-state index in [-0.39, 0.29) is 5.92 Å². The minimum Gasteiger partial charge on any atom is -0.455 e. The lowest BCUT2D eigenvalue weighted by Gasteiger charge is -2.27. The van der Waals surface area contributed by atoms with Crippen LogP contribution in [0.3, 0.4) is 0 Å². The van der Waals surface area contributed by atoms with Crippen LogP contribution in [0.25, 0.3) is 0 Å². The van der Waals surface area contributed by atoms with Crippen LogP contribution >= 0.6 is 0 Å². The fourth-order valence-electron chi connectivity index (χ4n) is 4.14. The summed E-state index contributed by atoms with van der Waals surface area (Å²) >= 11 is 0. The van der Waals surface area contributed by atoms with Crippen LogP contribution in [0.15, 0.2) is 60.7 Å². The molecule has 160 valence electrons. The smallest absolute Gasteiger partial charge is 0.344 e. The van der Waals surface area contributed by atoms with E-state index in [4.69, 9.17) is 4.74 Å². The van der Waals surface area contributed by atoms with Gasteiger partial charge in [-0.05, 0) is 24.0 Å². The molecule has 0 unspecified atom stereocenters. The maximum absolute atomic E-state index is 13.4. The normalized spacial score (nSPS) is 18.0. The van der Waals surface area contributed by atoms with E-state index in [0.29, 0.717) is 16.1 Å². The number of hydrogen-bond acceptors (Lipinski definition) is 5. The van der Waals surface area contributed by atoms with Gasteiger partial charge in [-0.3, -0.25) is 19.8 Å². The molecule has 0 radical (unpaired) electrons. The number of nitrogens with one attached hydrogen (secondary N) is 2. The molecule has 1 aliphatic heterocycles. The predicted molar refractivity (Wildman–Crippen MR) is 110 cm³/mol. The summed E-state index contributed by atoms with van der Waals surface area (Å²) in [6.07, 6.45) is 3.44. The Balaban J connectivity index is 1.52. The van der Waals surface area contributed by atoms with Crippen molar-refractivity contribution in [1.82, 2.24) is 15.8 Å². The summed E-state index contributed by atoms with van der Waals surface area (Å²) in [6, 6.07) is 16.9. The first-order valence-corrected chi connectivity index (χ1v) is 10.3. The van der Waals surface area contributed by atoms with Crippen LogP contribution in [0.4, 0.5) is 4.79 Å². The SMILES string of the molecule is O=C(COC(=O)C1CCCC1)NN1C(=O)NC(c2ccccc2)(c2ccccc2)C1=O. The van der Waals surface area contributed by atoms with Gasteiger partial charge in [0.1, 0.15) is 0 Å². The van der Waals surface area contributed by atoms with E-state index in [1.54, 1.807) is 48.5 Å². The van der Waals surface area contributed by atoms with E-state index in [9.17, 15) is 19.2 Å². The van der Waals surface area contributed by atoms with Gasteiger partial charge >= 0.3 is 12.0 Å². The predicted octanol–water partition coefficient (Wildman–Crippen LogP) is 2.25. The van der Waals surface area contributed by atoms with Crippen LogP contribution in [0.5, 0.6) is 0 Å². The molecule has 2 aromatic rings. The highest BCUT2D eigenvalue weighted by Gasteiger charge is 2.54. The summed E-state index contributed by atoms with van der Waals surface area (Å²) in [5, 5.41) is 3.37. The van der Waals surface area contributed by atoms with Gasteiger partial charge in [0, 0.05) is 0 Å². The van der Waals surface area contributed by atoms with Gasteiger partial charge in [0.25, 0.3) is 11.8 Å². The van der Waals surface area contributed by atoms with Crippen LogP contribution in [0, 0.1) is 5.92 Å². The number of nitrogens with zero attached hydrogens (tertiary/aromatic N) is 1. The molecule has 1 saturated heterocycles. The molecule has 1 heterocycles. The number of urea groups is 1. The molecule has 0 bridgehead atoms. The monoisotopic (exact) mass is 421 g/mol. The number of hydrazine groups is 1. The number of hydrogen-bond donors (Lipinski definition) is 2. The van der Waals surface area contributed by atoms with Crippen LogP contribution in [0.2, 0.25) is 0 Å². The van der Waals surface area contributed by atoms with Gasteiger partial charge in [0.2, 0.25) is 0 Å². The van der Waals surface area contributed by atoms with Crippen molar-refractivity contribution in [2.24, 2.45) is 5.92 Å². The van der Waals surface area contributed by atoms with E-state index in [1.807, 2.05) is 12.1 Å². The quantitative estimate of drug-likeness (QED) is 0.550. The third kappa shape index (κ3) is 3.88. The van der Waals surface area contributed by atoms with Crippen LogP contribution in [-0.2, 0) is 24.7 Å². The van der Waals surface area contributed by atoms with Gasteiger partial charge in [-0.25, -0.2) is 4.79 Å². The Kier molecular flexibility index (Phi) is 5.70. The first-order valence-electron chi connectivity index (χ1n) is 10.3. The lowest BCUT2D eigenvalue weighted by molar-refractivity contribution is -0.153. The number of amides is 4. The van der Waals surface area contributed by atoms with E-state index >= 15 is 0 Å². The molecule has 2 aromatic carbocycles. The lowest BCUT2D eigenvalue weighted by Crippen LogP contribution is -2.50. The molecule has 2 N–H and O–H groups in total. The van der Waals surface area contributed by atoms with Crippen molar-refractivity contribution in [1.29, 1.82) is 0 Å². The lowest BCUT2D eigenvalue weighted by atomic mass is 9.83. The highest BCUT2D eigenvalue weighted by molar-refractivity contribution is 6.10. The van der Waals surface area contributed by atoms with Crippen molar-refractivity contribution in [2.45, 2.75) is 31.2 Å². The second kappa shape index (κ2) is 8.59. The molecule has 8 nitrogen and oxygen atoms in total. The highest BCUT2D eigenvalue weighted by atomic mass is 16.5. The number of carbonyl (C=O) groups is 4.